The van der Waals surface area contributed by atoms with Crippen LogP contribution in [0.3, 0.4) is 0 Å². The number of carbonyl (C=O) groups is 1. The van der Waals surface area contributed by atoms with E-state index in [1.54, 1.807) is 11.3 Å². The molecule has 0 saturated carbocycles. The third kappa shape index (κ3) is 4.16. The van der Waals surface area contributed by atoms with Crippen molar-refractivity contribution in [3.8, 4) is 10.6 Å². The average Bonchev–Trinajstić information content (AvgIpc) is 3.05. The van der Waals surface area contributed by atoms with Crippen LogP contribution in [-0.4, -0.2) is 42.7 Å². The number of hydrogen-bond donors (Lipinski definition) is 2. The lowest BCUT2D eigenvalue weighted by atomic mass is 10.1. The van der Waals surface area contributed by atoms with E-state index in [1.807, 2.05) is 25.1 Å². The highest BCUT2D eigenvalue weighted by molar-refractivity contribution is 7.13. The van der Waals surface area contributed by atoms with Crippen LogP contribution >= 0.6 is 11.3 Å². The van der Waals surface area contributed by atoms with Gasteiger partial charge in [0.15, 0.2) is 0 Å². The number of hydrogen-bond acceptors (Lipinski definition) is 5. The molecule has 23 heavy (non-hydrogen) atoms. The van der Waals surface area contributed by atoms with Gasteiger partial charge in [-0.2, -0.15) is 0 Å². The third-order valence-corrected chi connectivity index (χ3v) is 4.79. The van der Waals surface area contributed by atoms with Gasteiger partial charge in [0.1, 0.15) is 11.0 Å². The Morgan fingerprint density at radius 1 is 1.43 bits per heavy atom. The number of amides is 1. The number of rotatable bonds is 5. The maximum absolute atomic E-state index is 12.2. The van der Waals surface area contributed by atoms with E-state index < -0.39 is 0 Å². The number of aromatic nitrogens is 1. The van der Waals surface area contributed by atoms with Crippen molar-refractivity contribution in [2.45, 2.75) is 25.5 Å². The van der Waals surface area contributed by atoms with Gasteiger partial charge in [0, 0.05) is 30.5 Å². The van der Waals surface area contributed by atoms with Crippen LogP contribution in [0.15, 0.2) is 35.7 Å². The van der Waals surface area contributed by atoms with E-state index in [9.17, 15) is 4.79 Å². The van der Waals surface area contributed by atoms with Crippen LogP contribution in [-0.2, 0) is 16.0 Å². The van der Waals surface area contributed by atoms with Gasteiger partial charge in [-0.05, 0) is 6.92 Å². The van der Waals surface area contributed by atoms with Crippen LogP contribution in [0.2, 0.25) is 0 Å². The molecule has 6 heteroatoms. The summed E-state index contributed by atoms with van der Waals surface area (Å²) in [6, 6.07) is 9.87. The highest BCUT2D eigenvalue weighted by atomic mass is 32.1. The molecule has 0 radical (unpaired) electrons. The molecular formula is C17H21N3O2S. The SMILES string of the molecule is C[C@H]1OCCN[C@@H]1C(=O)NCCc1csc(-c2ccccc2)n1. The number of nitrogens with zero attached hydrogens (tertiary/aromatic N) is 1. The zero-order valence-corrected chi connectivity index (χ0v) is 13.9. The fraction of sp³-hybridized carbons (Fsp3) is 0.412. The predicted octanol–water partition coefficient (Wildman–Crippen LogP) is 1.85. The second-order valence-corrected chi connectivity index (χ2v) is 6.42. The summed E-state index contributed by atoms with van der Waals surface area (Å²) in [7, 11) is 0. The van der Waals surface area contributed by atoms with Crippen LogP contribution in [0.25, 0.3) is 10.6 Å². The first-order chi connectivity index (χ1) is 11.2. The molecule has 5 nitrogen and oxygen atoms in total. The normalized spacial score (nSPS) is 21.1. The molecule has 1 saturated heterocycles. The molecule has 1 fully saturated rings. The summed E-state index contributed by atoms with van der Waals surface area (Å²) in [5.74, 6) is -0.00397. The third-order valence-electron chi connectivity index (χ3n) is 3.85. The molecule has 0 unspecified atom stereocenters. The Kier molecular flexibility index (Phi) is 5.38. The molecule has 2 atom stereocenters. The number of morpholine rings is 1. The Labute approximate surface area is 140 Å². The monoisotopic (exact) mass is 331 g/mol. The second kappa shape index (κ2) is 7.68. The Morgan fingerprint density at radius 3 is 3.04 bits per heavy atom. The Bertz CT molecular complexity index is 644. The Morgan fingerprint density at radius 2 is 2.26 bits per heavy atom. The molecule has 0 bridgehead atoms. The molecule has 3 rings (SSSR count). The maximum Gasteiger partial charge on any atom is 0.239 e. The van der Waals surface area contributed by atoms with Crippen molar-refractivity contribution < 1.29 is 9.53 Å². The first-order valence-corrected chi connectivity index (χ1v) is 8.74. The van der Waals surface area contributed by atoms with Crippen molar-refractivity contribution in [1.29, 1.82) is 0 Å². The van der Waals surface area contributed by atoms with Crippen LogP contribution in [0.4, 0.5) is 0 Å². The standard InChI is InChI=1S/C17H21N3O2S/c1-12-15(18-9-10-22-12)16(21)19-8-7-14-11-23-17(20-14)13-5-3-2-4-6-13/h2-6,11-12,15,18H,7-10H2,1H3,(H,19,21)/t12-,15+/m1/s1. The van der Waals surface area contributed by atoms with Gasteiger partial charge in [-0.3, -0.25) is 4.79 Å². The smallest absolute Gasteiger partial charge is 0.239 e. The Hall–Kier alpha value is -1.76. The van der Waals surface area contributed by atoms with Gasteiger partial charge in [-0.15, -0.1) is 11.3 Å². The number of carbonyl (C=O) groups excluding carboxylic acids is 1. The predicted molar refractivity (Wildman–Crippen MR) is 91.5 cm³/mol. The fourth-order valence-corrected chi connectivity index (χ4v) is 3.45. The summed E-state index contributed by atoms with van der Waals surface area (Å²) in [6.45, 7) is 3.88. The van der Waals surface area contributed by atoms with Crippen LogP contribution < -0.4 is 10.6 Å². The molecule has 1 aliphatic rings. The van der Waals surface area contributed by atoms with Gasteiger partial charge < -0.3 is 15.4 Å². The van der Waals surface area contributed by atoms with Crippen molar-refractivity contribution in [2.75, 3.05) is 19.7 Å². The summed E-state index contributed by atoms with van der Waals surface area (Å²) >= 11 is 1.63. The minimum atomic E-state index is -0.265. The highest BCUT2D eigenvalue weighted by Gasteiger charge is 2.27. The topological polar surface area (TPSA) is 63.2 Å². The molecule has 2 N–H and O–H groups in total. The van der Waals surface area contributed by atoms with Gasteiger partial charge in [0.05, 0.1) is 18.4 Å². The molecule has 1 aliphatic heterocycles. The summed E-state index contributed by atoms with van der Waals surface area (Å²) in [5, 5.41) is 9.23. The Balaban J connectivity index is 1.49. The minimum Gasteiger partial charge on any atom is -0.375 e. The van der Waals surface area contributed by atoms with Crippen LogP contribution in [0.1, 0.15) is 12.6 Å². The van der Waals surface area contributed by atoms with Gasteiger partial charge in [-0.1, -0.05) is 30.3 Å². The second-order valence-electron chi connectivity index (χ2n) is 5.56. The van der Waals surface area contributed by atoms with E-state index in [1.165, 1.54) is 0 Å². The molecule has 1 amide bonds. The van der Waals surface area contributed by atoms with E-state index in [0.29, 0.717) is 13.2 Å². The summed E-state index contributed by atoms with van der Waals surface area (Å²) in [4.78, 5) is 16.8. The van der Waals surface area contributed by atoms with Gasteiger partial charge >= 0.3 is 0 Å². The lowest BCUT2D eigenvalue weighted by Gasteiger charge is -2.29. The molecule has 1 aromatic heterocycles. The van der Waals surface area contributed by atoms with E-state index in [4.69, 9.17) is 4.74 Å². The number of thiazole rings is 1. The van der Waals surface area contributed by atoms with Crippen LogP contribution in [0, 0.1) is 0 Å². The van der Waals surface area contributed by atoms with Gasteiger partial charge in [0.25, 0.3) is 0 Å². The van der Waals surface area contributed by atoms with Gasteiger partial charge in [0.2, 0.25) is 5.91 Å². The van der Waals surface area contributed by atoms with Crippen LogP contribution in [0.5, 0.6) is 0 Å². The number of nitrogens with one attached hydrogen (secondary N) is 2. The highest BCUT2D eigenvalue weighted by Crippen LogP contribution is 2.23. The summed E-state index contributed by atoms with van der Waals surface area (Å²) in [5.41, 5.74) is 2.14. The van der Waals surface area contributed by atoms with Gasteiger partial charge in [-0.25, -0.2) is 4.98 Å². The van der Waals surface area contributed by atoms with Crippen molar-refractivity contribution >= 4 is 17.2 Å². The molecule has 122 valence electrons. The molecule has 0 spiro atoms. The first-order valence-electron chi connectivity index (χ1n) is 7.86. The molecule has 2 aromatic rings. The molecule has 0 aliphatic carbocycles. The van der Waals surface area contributed by atoms with Crippen molar-refractivity contribution in [1.82, 2.24) is 15.6 Å². The van der Waals surface area contributed by atoms with E-state index in [2.05, 4.69) is 33.1 Å². The lowest BCUT2D eigenvalue weighted by Crippen LogP contribution is -2.55. The largest absolute Gasteiger partial charge is 0.375 e. The average molecular weight is 331 g/mol. The lowest BCUT2D eigenvalue weighted by molar-refractivity contribution is -0.128. The molecule has 1 aromatic carbocycles. The summed E-state index contributed by atoms with van der Waals surface area (Å²) in [6.07, 6.45) is 0.643. The fourth-order valence-electron chi connectivity index (χ4n) is 2.59. The maximum atomic E-state index is 12.2. The van der Waals surface area contributed by atoms with Crippen molar-refractivity contribution in [2.24, 2.45) is 0 Å². The molecular weight excluding hydrogens is 310 g/mol. The quantitative estimate of drug-likeness (QED) is 0.878. The van der Waals surface area contributed by atoms with E-state index in [0.717, 1.165) is 29.2 Å². The molecule has 2 heterocycles. The number of benzene rings is 1. The van der Waals surface area contributed by atoms with E-state index >= 15 is 0 Å². The first kappa shape index (κ1) is 16.1. The zero-order chi connectivity index (χ0) is 16.1. The van der Waals surface area contributed by atoms with Crippen molar-refractivity contribution in [3.05, 3.63) is 41.4 Å². The number of ether oxygens (including phenoxy) is 1. The van der Waals surface area contributed by atoms with E-state index in [-0.39, 0.29) is 18.1 Å². The van der Waals surface area contributed by atoms with Crippen molar-refractivity contribution in [3.63, 3.8) is 0 Å². The summed E-state index contributed by atoms with van der Waals surface area (Å²) < 4.78 is 5.49. The minimum absolute atomic E-state index is 0.00397. The zero-order valence-electron chi connectivity index (χ0n) is 13.1.